The van der Waals surface area contributed by atoms with E-state index in [1.165, 1.54) is 7.11 Å². The van der Waals surface area contributed by atoms with Crippen molar-refractivity contribution in [2.24, 2.45) is 46.2 Å². The second kappa shape index (κ2) is 15.6. The summed E-state index contributed by atoms with van der Waals surface area (Å²) < 4.78 is 32.5. The zero-order chi connectivity index (χ0) is 43.6. The summed E-state index contributed by atoms with van der Waals surface area (Å²) in [7, 11) is 1.26. The number of hydrogen-bond donors (Lipinski definition) is 3. The lowest BCUT2D eigenvalue weighted by atomic mass is 9.41. The predicted molar refractivity (Wildman–Crippen MR) is 222 cm³/mol. The number of Topliss-reactive ketones (excluding diaryl/α,β-unsaturated/α-hetero) is 2. The highest BCUT2D eigenvalue weighted by atomic mass is 35.5. The van der Waals surface area contributed by atoms with Crippen LogP contribution in [0.15, 0.2) is 58.5 Å². The van der Waals surface area contributed by atoms with Gasteiger partial charge in [0.15, 0.2) is 28.5 Å². The van der Waals surface area contributed by atoms with Gasteiger partial charge in [0.2, 0.25) is 0 Å². The summed E-state index contributed by atoms with van der Waals surface area (Å²) in [6.07, 6.45) is 11.0. The summed E-state index contributed by atoms with van der Waals surface area (Å²) in [5.74, 6) is -7.88. The molecule has 4 bridgehead atoms. The van der Waals surface area contributed by atoms with Crippen molar-refractivity contribution in [3.05, 3.63) is 70.0 Å². The van der Waals surface area contributed by atoms with Crippen LogP contribution in [0.2, 0.25) is 0 Å². The Bertz CT molecular complexity index is 2160. The number of esters is 2. The lowest BCUT2D eigenvalue weighted by Crippen LogP contribution is -2.79. The van der Waals surface area contributed by atoms with E-state index in [0.717, 1.165) is 11.1 Å². The van der Waals surface area contributed by atoms with Gasteiger partial charge in [0.1, 0.15) is 34.4 Å². The summed E-state index contributed by atoms with van der Waals surface area (Å²) >= 11 is 6.05. The molecule has 318 valence electrons. The fourth-order valence-corrected chi connectivity index (χ4v) is 10.4. The van der Waals surface area contributed by atoms with Crippen molar-refractivity contribution in [2.45, 2.75) is 110 Å². The van der Waals surface area contributed by atoms with E-state index < -0.39 is 75.6 Å². The fourth-order valence-electron chi connectivity index (χ4n) is 10.4. The first-order valence-electron chi connectivity index (χ1n) is 19.9. The molecule has 5 N–H and O–H groups in total. The highest BCUT2D eigenvalue weighted by molar-refractivity contribution is 6.26. The monoisotopic (exact) mass is 833 g/mol. The second-order valence-corrected chi connectivity index (χ2v) is 17.9. The summed E-state index contributed by atoms with van der Waals surface area (Å²) in [6, 6.07) is 0. The summed E-state index contributed by atoms with van der Waals surface area (Å²) in [5, 5.41) is 13.4. The first kappa shape index (κ1) is 43.7. The number of alkyl halides is 1. The number of halogens is 1. The van der Waals surface area contributed by atoms with E-state index in [9.17, 15) is 14.8 Å². The van der Waals surface area contributed by atoms with Gasteiger partial charge in [-0.05, 0) is 99.1 Å². The van der Waals surface area contributed by atoms with E-state index >= 15 is 9.59 Å². The highest BCUT2D eigenvalue weighted by Crippen LogP contribution is 2.73. The van der Waals surface area contributed by atoms with Crippen LogP contribution in [0, 0.1) is 29.6 Å². The minimum atomic E-state index is -1.84. The lowest BCUT2D eigenvalue weighted by Gasteiger charge is -2.64. The van der Waals surface area contributed by atoms with Crippen molar-refractivity contribution in [2.75, 3.05) is 13.0 Å². The number of ketones is 2. The molecule has 3 saturated carbocycles. The van der Waals surface area contributed by atoms with Crippen LogP contribution >= 0.6 is 11.6 Å². The molecule has 1 saturated heterocycles. The van der Waals surface area contributed by atoms with E-state index in [-0.39, 0.29) is 59.2 Å². The average molecular weight is 834 g/mol. The maximum absolute atomic E-state index is 16.1. The molecule has 7 rings (SSSR count). The number of fused-ring (bicyclic) bond motifs is 2. The molecule has 3 aliphatic carbocycles. The Balaban J connectivity index is 1.74. The molecule has 8 atom stereocenters. The molecule has 0 amide bonds. The number of rotatable bonds is 13. The molecular weight excluding hydrogens is 778 g/mol. The summed E-state index contributed by atoms with van der Waals surface area (Å²) in [4.78, 5) is 57.5. The first-order chi connectivity index (χ1) is 27.6. The molecule has 13 nitrogen and oxygen atoms in total. The van der Waals surface area contributed by atoms with Gasteiger partial charge < -0.3 is 40.4 Å². The van der Waals surface area contributed by atoms with Gasteiger partial charge in [-0.1, -0.05) is 41.1 Å². The number of carbonyl (C=O) groups is 4. The molecule has 1 aromatic carbocycles. The molecule has 8 unspecified atom stereocenters. The van der Waals surface area contributed by atoms with E-state index in [0.29, 0.717) is 29.7 Å². The molecule has 1 aromatic rings. The number of allylic oxidation sites excluding steroid dienone is 4. The average Bonchev–Trinajstić information content (AvgIpc) is 3.31. The number of oxime groups is 1. The van der Waals surface area contributed by atoms with Gasteiger partial charge in [0.05, 0.1) is 30.1 Å². The quantitative estimate of drug-likeness (QED) is 0.0214. The molecule has 14 heteroatoms. The third-order valence-electron chi connectivity index (χ3n) is 12.8. The van der Waals surface area contributed by atoms with Gasteiger partial charge in [-0.3, -0.25) is 14.4 Å². The molecular formula is C45H56ClN3O10. The second-order valence-electron chi connectivity index (χ2n) is 17.7. The van der Waals surface area contributed by atoms with E-state index in [1.807, 2.05) is 60.6 Å². The molecule has 4 fully saturated rings. The molecule has 59 heavy (non-hydrogen) atoms. The Morgan fingerprint density at radius 3 is 2.34 bits per heavy atom. The maximum atomic E-state index is 16.1. The first-order valence-corrected chi connectivity index (χ1v) is 20.5. The molecule has 3 heterocycles. The van der Waals surface area contributed by atoms with Crippen LogP contribution in [0.5, 0.6) is 17.2 Å². The number of carbonyl (C=O) groups excluding carboxylic acids is 4. The SMILES string of the molecule is C=C(N)C(/C(N)=N\O)C1C2CC3C(C)(C)OC(C/C=C(/C)C(=O)OC)(C2=O)C32Oc3c(CC=C(C)C)c4c(c(OC(=O)CCl)c3C(=O)C12)C=CC(C)(CCC=C(C)C)O4. The van der Waals surface area contributed by atoms with Gasteiger partial charge in [-0.2, -0.15) is 0 Å². The minimum absolute atomic E-state index is 0.0328. The van der Waals surface area contributed by atoms with Crippen LogP contribution in [-0.4, -0.2) is 69.9 Å². The van der Waals surface area contributed by atoms with Crippen LogP contribution in [0.4, 0.5) is 0 Å². The van der Waals surface area contributed by atoms with Crippen molar-refractivity contribution in [1.29, 1.82) is 0 Å². The maximum Gasteiger partial charge on any atom is 0.333 e. The molecule has 6 aliphatic rings. The largest absolute Gasteiger partial charge is 0.482 e. The number of hydrogen-bond acceptors (Lipinski definition) is 12. The van der Waals surface area contributed by atoms with Crippen molar-refractivity contribution in [3.63, 3.8) is 0 Å². The Hall–Kier alpha value is -4.88. The van der Waals surface area contributed by atoms with E-state index in [1.54, 1.807) is 19.1 Å². The smallest absolute Gasteiger partial charge is 0.333 e. The van der Waals surface area contributed by atoms with Gasteiger partial charge in [0, 0.05) is 35.1 Å². The van der Waals surface area contributed by atoms with Crippen molar-refractivity contribution < 1.29 is 48.1 Å². The Kier molecular flexibility index (Phi) is 11.6. The number of benzene rings is 1. The van der Waals surface area contributed by atoms with Gasteiger partial charge in [-0.15, -0.1) is 11.6 Å². The van der Waals surface area contributed by atoms with E-state index in [4.69, 9.17) is 46.8 Å². The standard InChI is InChI=1S/C45H56ClN3O10/c1-22(2)12-11-17-43(9)18-16-27-36(57-43)26(14-13-23(3)4)38-33(37(27)56-30(50)21-46)35(51)34-32(31(25(6)47)40(48)49-54)28-20-29-42(7,8)59-44(39(28)52,45(29,34)58-38)19-15-24(5)41(53)55-10/h12-13,15-16,18,28-29,31-32,34,54H,6,11,14,17,19-21,47H2,1-5,7-10H3,(H2,48,49)/b24-15-. The zero-order valence-electron chi connectivity index (χ0n) is 35.3. The fraction of sp³-hybridized carbons (Fsp3) is 0.533. The van der Waals surface area contributed by atoms with Crippen LogP contribution < -0.4 is 25.7 Å². The molecule has 0 radical (unpaired) electrons. The van der Waals surface area contributed by atoms with Crippen LogP contribution in [0.25, 0.3) is 6.08 Å². The van der Waals surface area contributed by atoms with Gasteiger partial charge in [0.25, 0.3) is 0 Å². The Morgan fingerprint density at radius 2 is 1.75 bits per heavy atom. The molecule has 3 aliphatic heterocycles. The highest BCUT2D eigenvalue weighted by Gasteiger charge is 2.86. The number of nitrogens with two attached hydrogens (primary N) is 2. The summed E-state index contributed by atoms with van der Waals surface area (Å²) in [6.45, 7) is 19.1. The van der Waals surface area contributed by atoms with Crippen LogP contribution in [0.1, 0.15) is 103 Å². The van der Waals surface area contributed by atoms with E-state index in [2.05, 4.69) is 17.8 Å². The van der Waals surface area contributed by atoms with Crippen molar-refractivity contribution in [3.8, 4) is 17.2 Å². The molecule has 0 aromatic heterocycles. The molecule has 1 spiro atoms. The number of ether oxygens (including phenoxy) is 5. The van der Waals surface area contributed by atoms with Crippen LogP contribution in [0.3, 0.4) is 0 Å². The van der Waals surface area contributed by atoms with Crippen LogP contribution in [-0.2, 0) is 30.3 Å². The van der Waals surface area contributed by atoms with Gasteiger partial charge in [-0.25, -0.2) is 4.79 Å². The Labute approximate surface area is 350 Å². The normalized spacial score (nSPS) is 30.2. The van der Waals surface area contributed by atoms with Gasteiger partial charge >= 0.3 is 11.9 Å². The Morgan fingerprint density at radius 1 is 1.07 bits per heavy atom. The third-order valence-corrected chi connectivity index (χ3v) is 13.1. The minimum Gasteiger partial charge on any atom is -0.482 e. The topological polar surface area (TPSA) is 199 Å². The lowest BCUT2D eigenvalue weighted by molar-refractivity contribution is -0.213. The number of nitrogens with zero attached hydrogens (tertiary/aromatic N) is 1. The zero-order valence-corrected chi connectivity index (χ0v) is 36.1. The summed E-state index contributed by atoms with van der Waals surface area (Å²) in [5.41, 5.74) is 10.4. The third kappa shape index (κ3) is 6.87. The number of amidine groups is 1. The van der Waals surface area contributed by atoms with Crippen molar-refractivity contribution >= 4 is 47.0 Å². The number of methoxy groups -OCH3 is 1. The van der Waals surface area contributed by atoms with Crippen molar-refractivity contribution in [1.82, 2.24) is 0 Å². The predicted octanol–water partition coefficient (Wildman–Crippen LogP) is 6.91.